The Bertz CT molecular complexity index is 1160. The third kappa shape index (κ3) is 4.36. The molecule has 142 valence electrons. The summed E-state index contributed by atoms with van der Waals surface area (Å²) in [5.74, 6) is 0.143. The van der Waals surface area contributed by atoms with Crippen molar-refractivity contribution >= 4 is 40.0 Å². The Kier molecular flexibility index (Phi) is 5.11. The number of aromatic nitrogens is 2. The number of amides is 3. The molecule has 3 amide bonds. The molecule has 0 radical (unpaired) electrons. The van der Waals surface area contributed by atoms with Gasteiger partial charge in [-0.05, 0) is 42.5 Å². The molecule has 0 aliphatic heterocycles. The van der Waals surface area contributed by atoms with E-state index in [0.29, 0.717) is 17.1 Å². The average molecular weight is 383 g/mol. The Balaban J connectivity index is 1.53. The summed E-state index contributed by atoms with van der Waals surface area (Å²) in [6, 6.07) is 22.8. The lowest BCUT2D eigenvalue weighted by molar-refractivity contribution is 0.0967. The lowest BCUT2D eigenvalue weighted by Crippen LogP contribution is -2.34. The van der Waals surface area contributed by atoms with Gasteiger partial charge in [0, 0.05) is 22.3 Å². The van der Waals surface area contributed by atoms with Crippen LogP contribution < -0.4 is 16.0 Å². The molecular formula is C22H17N5O2. The molecule has 0 atom stereocenters. The van der Waals surface area contributed by atoms with Crippen molar-refractivity contribution in [2.24, 2.45) is 0 Å². The van der Waals surface area contributed by atoms with Gasteiger partial charge >= 0.3 is 6.03 Å². The Labute approximate surface area is 166 Å². The second kappa shape index (κ2) is 8.18. The van der Waals surface area contributed by atoms with Gasteiger partial charge in [-0.2, -0.15) is 0 Å². The third-order valence-corrected chi connectivity index (χ3v) is 4.19. The topological polar surface area (TPSA) is 96.0 Å². The Morgan fingerprint density at radius 3 is 2.24 bits per heavy atom. The molecule has 1 aromatic heterocycles. The van der Waals surface area contributed by atoms with E-state index in [1.807, 2.05) is 30.3 Å². The first-order chi connectivity index (χ1) is 14.2. The number of nitrogens with zero attached hydrogens (tertiary/aromatic N) is 2. The van der Waals surface area contributed by atoms with E-state index < -0.39 is 11.9 Å². The molecule has 0 spiro atoms. The Morgan fingerprint density at radius 1 is 0.759 bits per heavy atom. The molecule has 4 rings (SSSR count). The number of para-hydroxylation sites is 1. The van der Waals surface area contributed by atoms with Gasteiger partial charge in [0.05, 0.1) is 5.52 Å². The molecule has 7 heteroatoms. The summed E-state index contributed by atoms with van der Waals surface area (Å²) in [5, 5.41) is 8.97. The number of nitrogens with one attached hydrogen (secondary N) is 3. The second-order valence-electron chi connectivity index (χ2n) is 6.22. The van der Waals surface area contributed by atoms with Crippen molar-refractivity contribution < 1.29 is 9.59 Å². The fraction of sp³-hybridized carbons (Fsp3) is 0. The fourth-order valence-corrected chi connectivity index (χ4v) is 2.82. The van der Waals surface area contributed by atoms with Gasteiger partial charge in [0.15, 0.2) is 0 Å². The lowest BCUT2D eigenvalue weighted by atomic mass is 10.2. The molecule has 4 aromatic rings. The maximum absolute atomic E-state index is 12.2. The molecule has 0 aliphatic carbocycles. The van der Waals surface area contributed by atoms with Gasteiger partial charge in [-0.3, -0.25) is 10.1 Å². The van der Waals surface area contributed by atoms with Crippen LogP contribution >= 0.6 is 0 Å². The highest BCUT2D eigenvalue weighted by Gasteiger charge is 2.11. The summed E-state index contributed by atoms with van der Waals surface area (Å²) in [5.41, 5.74) is 2.53. The zero-order valence-electron chi connectivity index (χ0n) is 15.3. The molecule has 0 fully saturated rings. The van der Waals surface area contributed by atoms with Crippen LogP contribution in [0.4, 0.5) is 22.0 Å². The third-order valence-electron chi connectivity index (χ3n) is 4.19. The van der Waals surface area contributed by atoms with Crippen LogP contribution in [0.15, 0.2) is 85.2 Å². The van der Waals surface area contributed by atoms with Gasteiger partial charge in [0.25, 0.3) is 5.91 Å². The minimum Gasteiger partial charge on any atom is -0.340 e. The minimum atomic E-state index is -0.618. The first-order valence-electron chi connectivity index (χ1n) is 8.93. The Hall–Kier alpha value is -4.26. The van der Waals surface area contributed by atoms with E-state index in [0.717, 1.165) is 16.6 Å². The van der Waals surface area contributed by atoms with E-state index in [4.69, 9.17) is 0 Å². The number of carbonyl (C=O) groups excluding carboxylic acids is 2. The van der Waals surface area contributed by atoms with E-state index in [1.165, 1.54) is 6.33 Å². The van der Waals surface area contributed by atoms with Crippen molar-refractivity contribution in [1.29, 1.82) is 0 Å². The first kappa shape index (κ1) is 18.1. The van der Waals surface area contributed by atoms with Crippen molar-refractivity contribution in [3.05, 3.63) is 90.8 Å². The standard InChI is InChI=1S/C22H17N5O2/c28-21(15-7-3-1-4-8-15)27-22(29)26-17-11-12-19-18(13-17)20(24-14-23-19)25-16-9-5-2-6-10-16/h1-14H,(H,23,24,25)(H2,26,27,28,29). The van der Waals surface area contributed by atoms with E-state index in [9.17, 15) is 9.59 Å². The molecule has 3 N–H and O–H groups in total. The van der Waals surface area contributed by atoms with Crippen LogP contribution in [0.3, 0.4) is 0 Å². The summed E-state index contributed by atoms with van der Waals surface area (Å²) in [4.78, 5) is 32.9. The molecule has 29 heavy (non-hydrogen) atoms. The highest BCUT2D eigenvalue weighted by molar-refractivity contribution is 6.08. The maximum Gasteiger partial charge on any atom is 0.326 e. The van der Waals surface area contributed by atoms with Gasteiger partial charge in [0.2, 0.25) is 0 Å². The van der Waals surface area contributed by atoms with Crippen molar-refractivity contribution in [3.8, 4) is 0 Å². The minimum absolute atomic E-state index is 0.406. The predicted octanol–water partition coefficient (Wildman–Crippen LogP) is 4.34. The van der Waals surface area contributed by atoms with Crippen LogP contribution in [0.2, 0.25) is 0 Å². The second-order valence-corrected chi connectivity index (χ2v) is 6.22. The van der Waals surface area contributed by atoms with Gasteiger partial charge in [-0.1, -0.05) is 36.4 Å². The smallest absolute Gasteiger partial charge is 0.326 e. The molecule has 0 bridgehead atoms. The van der Waals surface area contributed by atoms with E-state index >= 15 is 0 Å². The summed E-state index contributed by atoms with van der Waals surface area (Å²) >= 11 is 0. The quantitative estimate of drug-likeness (QED) is 0.487. The van der Waals surface area contributed by atoms with Crippen LogP contribution in [0.1, 0.15) is 10.4 Å². The zero-order valence-corrected chi connectivity index (χ0v) is 15.3. The number of rotatable bonds is 4. The number of hydrogen-bond acceptors (Lipinski definition) is 5. The molecule has 0 saturated heterocycles. The molecule has 1 heterocycles. The maximum atomic E-state index is 12.2. The largest absolute Gasteiger partial charge is 0.340 e. The highest BCUT2D eigenvalue weighted by atomic mass is 16.2. The predicted molar refractivity (Wildman–Crippen MR) is 112 cm³/mol. The molecule has 0 aliphatic rings. The first-order valence-corrected chi connectivity index (χ1v) is 8.93. The Morgan fingerprint density at radius 2 is 1.48 bits per heavy atom. The van der Waals surface area contributed by atoms with Crippen LogP contribution in [0.5, 0.6) is 0 Å². The van der Waals surface area contributed by atoms with Gasteiger partial charge in [0.1, 0.15) is 12.1 Å². The van der Waals surface area contributed by atoms with Crippen molar-refractivity contribution in [2.75, 3.05) is 10.6 Å². The van der Waals surface area contributed by atoms with Crippen molar-refractivity contribution in [1.82, 2.24) is 15.3 Å². The normalized spacial score (nSPS) is 10.3. The van der Waals surface area contributed by atoms with Crippen LogP contribution in [0, 0.1) is 0 Å². The van der Waals surface area contributed by atoms with Crippen molar-refractivity contribution in [2.45, 2.75) is 0 Å². The molecule has 7 nitrogen and oxygen atoms in total. The summed E-state index contributed by atoms with van der Waals surface area (Å²) < 4.78 is 0. The summed E-state index contributed by atoms with van der Waals surface area (Å²) in [6.45, 7) is 0. The van der Waals surface area contributed by atoms with Gasteiger partial charge in [-0.15, -0.1) is 0 Å². The number of hydrogen-bond donors (Lipinski definition) is 3. The number of carbonyl (C=O) groups is 2. The SMILES string of the molecule is O=C(NC(=O)c1ccccc1)Nc1ccc2ncnc(Nc3ccccc3)c2c1. The number of benzene rings is 3. The summed E-state index contributed by atoms with van der Waals surface area (Å²) in [6.07, 6.45) is 1.48. The number of urea groups is 1. The molecule has 3 aromatic carbocycles. The van der Waals surface area contributed by atoms with E-state index in [1.54, 1.807) is 48.5 Å². The molecule has 0 saturated carbocycles. The van der Waals surface area contributed by atoms with Gasteiger partial charge < -0.3 is 10.6 Å². The van der Waals surface area contributed by atoms with Crippen LogP contribution in [0.25, 0.3) is 10.9 Å². The number of anilines is 3. The monoisotopic (exact) mass is 383 g/mol. The van der Waals surface area contributed by atoms with Crippen LogP contribution in [-0.4, -0.2) is 21.9 Å². The average Bonchev–Trinajstić information content (AvgIpc) is 2.75. The summed E-state index contributed by atoms with van der Waals surface area (Å²) in [7, 11) is 0. The number of fused-ring (bicyclic) bond motifs is 1. The molecule has 0 unspecified atom stereocenters. The highest BCUT2D eigenvalue weighted by Crippen LogP contribution is 2.25. The lowest BCUT2D eigenvalue weighted by Gasteiger charge is -2.11. The van der Waals surface area contributed by atoms with E-state index in [-0.39, 0.29) is 0 Å². The zero-order chi connectivity index (χ0) is 20.1. The van der Waals surface area contributed by atoms with Gasteiger partial charge in [-0.25, -0.2) is 14.8 Å². The fourth-order valence-electron chi connectivity index (χ4n) is 2.82. The molecular weight excluding hydrogens is 366 g/mol. The van der Waals surface area contributed by atoms with Crippen LogP contribution in [-0.2, 0) is 0 Å². The van der Waals surface area contributed by atoms with E-state index in [2.05, 4.69) is 25.9 Å². The number of imide groups is 1. The van der Waals surface area contributed by atoms with Crippen molar-refractivity contribution in [3.63, 3.8) is 0 Å².